The lowest BCUT2D eigenvalue weighted by atomic mass is 10.1. The Kier molecular flexibility index (Phi) is 8.96. The van der Waals surface area contributed by atoms with Crippen LogP contribution in [0.5, 0.6) is 0 Å². The van der Waals surface area contributed by atoms with Gasteiger partial charge in [-0.05, 0) is 26.2 Å². The van der Waals surface area contributed by atoms with Crippen LogP contribution in [0.2, 0.25) is 0 Å². The topological polar surface area (TPSA) is 26.0 Å². The van der Waals surface area contributed by atoms with E-state index in [1.54, 1.807) is 0 Å². The van der Waals surface area contributed by atoms with Crippen LogP contribution in [0.3, 0.4) is 0 Å². The molecular weight excluding hydrogens is 388 g/mol. The van der Waals surface area contributed by atoms with Gasteiger partial charge in [0.15, 0.2) is 0 Å². The minimum atomic E-state index is 0.690. The van der Waals surface area contributed by atoms with E-state index in [0.29, 0.717) is 3.92 Å². The molecule has 1 nitrogen and oxygen atoms in total. The first-order valence-electron chi connectivity index (χ1n) is 4.75. The summed E-state index contributed by atoms with van der Waals surface area (Å²) in [4.78, 5) is 0. The third-order valence-corrected chi connectivity index (χ3v) is 5.69. The van der Waals surface area contributed by atoms with Gasteiger partial charge in [-0.25, -0.2) is 0 Å². The molecule has 0 radical (unpaired) electrons. The monoisotopic (exact) mass is 407 g/mol. The fraction of sp³-hybridized carbons (Fsp3) is 0.800. The van der Waals surface area contributed by atoms with Gasteiger partial charge >= 0.3 is 0 Å². The van der Waals surface area contributed by atoms with Gasteiger partial charge in [0, 0.05) is 14.0 Å². The summed E-state index contributed by atoms with van der Waals surface area (Å²) >= 11 is 4.88. The second-order valence-corrected chi connectivity index (χ2v) is 6.01. The number of hydrogen-bond donors (Lipinski definition) is 1. The van der Waals surface area contributed by atoms with Crippen LogP contribution in [0.25, 0.3) is 0 Å². The molecule has 1 atom stereocenters. The summed E-state index contributed by atoms with van der Waals surface area (Å²) < 4.78 is 1.87. The molecule has 0 aliphatic rings. The number of nitrogens with two attached hydrogens (primary N) is 1. The molecule has 0 saturated heterocycles. The minimum absolute atomic E-state index is 0.690. The summed E-state index contributed by atoms with van der Waals surface area (Å²) in [7, 11) is 0. The maximum absolute atomic E-state index is 6.01. The van der Waals surface area contributed by atoms with E-state index in [4.69, 9.17) is 5.73 Å². The number of unbranched alkanes of at least 4 members (excludes halogenated alkanes) is 1. The molecule has 0 aromatic rings. The van der Waals surface area contributed by atoms with E-state index < -0.39 is 0 Å². The first-order chi connectivity index (χ1) is 6.11. The largest absolute Gasteiger partial charge is 0.402 e. The third kappa shape index (κ3) is 6.99. The SMILES string of the molecule is CCCC/C(C)=C(\N)C[C@H](I)CI. The van der Waals surface area contributed by atoms with Gasteiger partial charge in [0.2, 0.25) is 0 Å². The summed E-state index contributed by atoms with van der Waals surface area (Å²) in [6.07, 6.45) is 4.75. The number of alkyl halides is 2. The molecule has 0 fully saturated rings. The van der Waals surface area contributed by atoms with E-state index >= 15 is 0 Å². The van der Waals surface area contributed by atoms with Gasteiger partial charge in [-0.1, -0.05) is 64.1 Å². The van der Waals surface area contributed by atoms with Crippen molar-refractivity contribution in [3.05, 3.63) is 11.3 Å². The second-order valence-electron chi connectivity index (χ2n) is 3.36. The lowest BCUT2D eigenvalue weighted by Crippen LogP contribution is -2.09. The Labute approximate surface area is 109 Å². The van der Waals surface area contributed by atoms with Crippen LogP contribution in [0.4, 0.5) is 0 Å². The molecular formula is C10H19I2N. The Hall–Kier alpha value is 1.00. The standard InChI is InChI=1S/C10H19I2N/c1-3-4-5-8(2)10(13)6-9(12)7-11/h9H,3-7,13H2,1-2H3/b10-8-/t9-/m0/s1. The first-order valence-corrected chi connectivity index (χ1v) is 7.53. The molecule has 0 rings (SSSR count). The quantitative estimate of drug-likeness (QED) is 0.522. The van der Waals surface area contributed by atoms with Crippen molar-refractivity contribution >= 4 is 45.2 Å². The number of rotatable bonds is 6. The van der Waals surface area contributed by atoms with Crippen molar-refractivity contribution in [3.63, 3.8) is 0 Å². The molecule has 0 spiro atoms. The molecule has 0 aliphatic heterocycles. The summed E-state index contributed by atoms with van der Waals surface area (Å²) in [6.45, 7) is 4.39. The number of hydrogen-bond acceptors (Lipinski definition) is 1. The molecule has 2 N–H and O–H groups in total. The zero-order valence-corrected chi connectivity index (χ0v) is 12.8. The van der Waals surface area contributed by atoms with Crippen LogP contribution >= 0.6 is 45.2 Å². The van der Waals surface area contributed by atoms with E-state index in [0.717, 1.165) is 12.1 Å². The Balaban J connectivity index is 3.94. The van der Waals surface area contributed by atoms with Crippen molar-refractivity contribution in [2.45, 2.75) is 43.5 Å². The molecule has 0 aliphatic carbocycles. The lowest BCUT2D eigenvalue weighted by Gasteiger charge is -2.10. The van der Waals surface area contributed by atoms with Crippen molar-refractivity contribution in [2.24, 2.45) is 5.73 Å². The highest BCUT2D eigenvalue weighted by Gasteiger charge is 2.05. The van der Waals surface area contributed by atoms with Gasteiger partial charge in [0.1, 0.15) is 0 Å². The van der Waals surface area contributed by atoms with Crippen molar-refractivity contribution in [2.75, 3.05) is 4.43 Å². The van der Waals surface area contributed by atoms with Gasteiger partial charge in [0.05, 0.1) is 0 Å². The average molecular weight is 407 g/mol. The normalized spacial score (nSPS) is 15.4. The van der Waals surface area contributed by atoms with Gasteiger partial charge in [-0.3, -0.25) is 0 Å². The average Bonchev–Trinajstić information content (AvgIpc) is 2.13. The van der Waals surface area contributed by atoms with Crippen molar-refractivity contribution in [1.29, 1.82) is 0 Å². The third-order valence-electron chi connectivity index (χ3n) is 2.06. The highest BCUT2D eigenvalue weighted by molar-refractivity contribution is 14.1. The molecule has 0 saturated carbocycles. The highest BCUT2D eigenvalue weighted by atomic mass is 127. The minimum Gasteiger partial charge on any atom is -0.402 e. The van der Waals surface area contributed by atoms with E-state index in [-0.39, 0.29) is 0 Å². The molecule has 0 heterocycles. The molecule has 0 bridgehead atoms. The predicted molar refractivity (Wildman–Crippen MR) is 77.7 cm³/mol. The molecule has 3 heteroatoms. The number of allylic oxidation sites excluding steroid dienone is 2. The Morgan fingerprint density at radius 1 is 1.46 bits per heavy atom. The maximum atomic E-state index is 6.01. The van der Waals surface area contributed by atoms with E-state index in [9.17, 15) is 0 Å². The summed E-state index contributed by atoms with van der Waals surface area (Å²) in [5.74, 6) is 0. The van der Waals surface area contributed by atoms with Crippen molar-refractivity contribution in [3.8, 4) is 0 Å². The van der Waals surface area contributed by atoms with Crippen LogP contribution < -0.4 is 5.73 Å². The molecule has 78 valence electrons. The second kappa shape index (κ2) is 8.32. The van der Waals surface area contributed by atoms with Crippen LogP contribution in [-0.2, 0) is 0 Å². The zero-order chi connectivity index (χ0) is 10.3. The maximum Gasteiger partial charge on any atom is 0.0253 e. The van der Waals surface area contributed by atoms with Crippen LogP contribution in [0, 0.1) is 0 Å². The van der Waals surface area contributed by atoms with Gasteiger partial charge in [-0.15, -0.1) is 0 Å². The van der Waals surface area contributed by atoms with E-state index in [1.807, 2.05) is 0 Å². The fourth-order valence-corrected chi connectivity index (χ4v) is 1.86. The Morgan fingerprint density at radius 3 is 2.54 bits per heavy atom. The predicted octanol–water partition coefficient (Wildman–Crippen LogP) is 4.04. The number of halogens is 2. The smallest absolute Gasteiger partial charge is 0.0253 e. The van der Waals surface area contributed by atoms with Crippen molar-refractivity contribution < 1.29 is 0 Å². The summed E-state index contributed by atoms with van der Waals surface area (Å²) in [6, 6.07) is 0. The van der Waals surface area contributed by atoms with Gasteiger partial charge in [0.25, 0.3) is 0 Å². The van der Waals surface area contributed by atoms with E-state index in [1.165, 1.54) is 29.3 Å². The first kappa shape index (κ1) is 14.0. The molecule has 0 aromatic carbocycles. The lowest BCUT2D eigenvalue weighted by molar-refractivity contribution is 0.769. The molecule has 13 heavy (non-hydrogen) atoms. The van der Waals surface area contributed by atoms with Gasteiger partial charge < -0.3 is 5.73 Å². The van der Waals surface area contributed by atoms with Crippen LogP contribution in [0.1, 0.15) is 39.5 Å². The Bertz CT molecular complexity index is 166. The summed E-state index contributed by atoms with van der Waals surface area (Å²) in [5, 5.41) is 0. The zero-order valence-electron chi connectivity index (χ0n) is 8.45. The summed E-state index contributed by atoms with van der Waals surface area (Å²) in [5.41, 5.74) is 8.52. The molecule has 0 amide bonds. The molecule has 0 unspecified atom stereocenters. The highest BCUT2D eigenvalue weighted by Crippen LogP contribution is 2.17. The van der Waals surface area contributed by atoms with Crippen molar-refractivity contribution in [1.82, 2.24) is 0 Å². The van der Waals surface area contributed by atoms with Crippen LogP contribution in [0.15, 0.2) is 11.3 Å². The van der Waals surface area contributed by atoms with Gasteiger partial charge in [-0.2, -0.15) is 0 Å². The fourth-order valence-electron chi connectivity index (χ4n) is 1.07. The Morgan fingerprint density at radius 2 is 2.08 bits per heavy atom. The van der Waals surface area contributed by atoms with E-state index in [2.05, 4.69) is 59.0 Å². The van der Waals surface area contributed by atoms with Crippen LogP contribution in [-0.4, -0.2) is 8.35 Å². The molecule has 0 aromatic heterocycles.